The molecule has 0 radical (unpaired) electrons. The van der Waals surface area contributed by atoms with Crippen molar-refractivity contribution in [3.63, 3.8) is 0 Å². The topological polar surface area (TPSA) is 60.3 Å². The Kier molecular flexibility index (Phi) is 6.52. The number of alkyl halides is 3. The van der Waals surface area contributed by atoms with Crippen molar-refractivity contribution in [2.75, 3.05) is 31.2 Å². The quantitative estimate of drug-likeness (QED) is 0.517. The van der Waals surface area contributed by atoms with Crippen molar-refractivity contribution < 1.29 is 22.7 Å². The Morgan fingerprint density at radius 1 is 1.21 bits per heavy atom. The van der Waals surface area contributed by atoms with Crippen molar-refractivity contribution >= 4 is 23.5 Å². The third kappa shape index (κ3) is 5.30. The van der Waals surface area contributed by atoms with Crippen LogP contribution in [0.2, 0.25) is 0 Å². The van der Waals surface area contributed by atoms with Crippen LogP contribution in [0.3, 0.4) is 0 Å². The number of hydrogen-bond donors (Lipinski definition) is 0. The SMILES string of the molecule is Cc1ccc(C(=O)C(C)Sc2nnc(N3CCOCC3)n2CC(F)(F)F)cc1C. The van der Waals surface area contributed by atoms with Crippen LogP contribution in [0, 0.1) is 13.8 Å². The van der Waals surface area contributed by atoms with Crippen LogP contribution >= 0.6 is 11.8 Å². The minimum absolute atomic E-state index is 0.0773. The molecule has 3 rings (SSSR count). The predicted octanol–water partition coefficient (Wildman–Crippen LogP) is 3.66. The zero-order valence-corrected chi connectivity index (χ0v) is 17.3. The maximum Gasteiger partial charge on any atom is 0.406 e. The van der Waals surface area contributed by atoms with Crippen LogP contribution in [0.4, 0.5) is 19.1 Å². The molecular formula is C19H23F3N4O2S. The molecule has 1 atom stereocenters. The van der Waals surface area contributed by atoms with Gasteiger partial charge in [0.15, 0.2) is 10.9 Å². The zero-order chi connectivity index (χ0) is 21.2. The molecule has 1 aliphatic heterocycles. The van der Waals surface area contributed by atoms with Crippen molar-refractivity contribution in [1.29, 1.82) is 0 Å². The molecule has 0 spiro atoms. The minimum Gasteiger partial charge on any atom is -0.378 e. The molecule has 1 aliphatic rings. The summed E-state index contributed by atoms with van der Waals surface area (Å²) in [4.78, 5) is 14.5. The lowest BCUT2D eigenvalue weighted by molar-refractivity contribution is -0.141. The average Bonchev–Trinajstić information content (AvgIpc) is 3.04. The number of Topliss-reactive ketones (excluding diaryl/α,β-unsaturated/α-hetero) is 1. The number of ether oxygens (including phenoxy) is 1. The van der Waals surface area contributed by atoms with E-state index in [1.54, 1.807) is 24.0 Å². The lowest BCUT2D eigenvalue weighted by Gasteiger charge is -2.28. The molecule has 6 nitrogen and oxygen atoms in total. The Balaban J connectivity index is 1.84. The first kappa shape index (κ1) is 21.6. The Bertz CT molecular complexity index is 879. The number of nitrogens with zero attached hydrogens (tertiary/aromatic N) is 4. The molecule has 1 fully saturated rings. The highest BCUT2D eigenvalue weighted by Gasteiger charge is 2.33. The standard InChI is InChI=1S/C19H23F3N4O2S/c1-12-4-5-15(10-13(12)2)16(27)14(3)29-18-24-23-17(25-6-8-28-9-7-25)26(18)11-19(20,21)22/h4-5,10,14H,6-9,11H2,1-3H3. The highest BCUT2D eigenvalue weighted by molar-refractivity contribution is 8.00. The van der Waals surface area contributed by atoms with Gasteiger partial charge in [0.05, 0.1) is 18.5 Å². The fourth-order valence-corrected chi connectivity index (χ4v) is 3.94. The number of benzene rings is 1. The van der Waals surface area contributed by atoms with Crippen LogP contribution in [-0.2, 0) is 11.3 Å². The third-order valence-corrected chi connectivity index (χ3v) is 5.85. The van der Waals surface area contributed by atoms with Gasteiger partial charge in [0.25, 0.3) is 0 Å². The second-order valence-corrected chi connectivity index (χ2v) is 8.31. The largest absolute Gasteiger partial charge is 0.406 e. The summed E-state index contributed by atoms with van der Waals surface area (Å²) in [5.74, 6) is -0.00784. The first-order valence-electron chi connectivity index (χ1n) is 9.26. The highest BCUT2D eigenvalue weighted by Crippen LogP contribution is 2.31. The van der Waals surface area contributed by atoms with E-state index < -0.39 is 18.0 Å². The normalized spacial score (nSPS) is 16.1. The van der Waals surface area contributed by atoms with Crippen molar-refractivity contribution in [3.05, 3.63) is 34.9 Å². The lowest BCUT2D eigenvalue weighted by atomic mass is 10.0. The molecule has 0 bridgehead atoms. The number of aromatic nitrogens is 3. The van der Waals surface area contributed by atoms with Crippen LogP contribution in [0.25, 0.3) is 0 Å². The molecule has 2 aromatic rings. The first-order chi connectivity index (χ1) is 13.7. The molecule has 29 heavy (non-hydrogen) atoms. The number of hydrogen-bond acceptors (Lipinski definition) is 6. The van der Waals surface area contributed by atoms with E-state index >= 15 is 0 Å². The number of carbonyl (C=O) groups is 1. The van der Waals surface area contributed by atoms with Gasteiger partial charge in [0.2, 0.25) is 5.95 Å². The summed E-state index contributed by atoms with van der Waals surface area (Å²) in [5.41, 5.74) is 2.59. The predicted molar refractivity (Wildman–Crippen MR) is 105 cm³/mol. The van der Waals surface area contributed by atoms with E-state index in [4.69, 9.17) is 4.74 Å². The van der Waals surface area contributed by atoms with Crippen LogP contribution in [0.1, 0.15) is 28.4 Å². The number of carbonyl (C=O) groups excluding carboxylic acids is 1. The van der Waals surface area contributed by atoms with Gasteiger partial charge in [-0.1, -0.05) is 23.9 Å². The number of rotatable bonds is 6. The van der Waals surface area contributed by atoms with Crippen LogP contribution in [0.5, 0.6) is 0 Å². The molecule has 1 aromatic carbocycles. The molecule has 158 valence electrons. The smallest absolute Gasteiger partial charge is 0.378 e. The van der Waals surface area contributed by atoms with Gasteiger partial charge in [-0.25, -0.2) is 0 Å². The Labute approximate surface area is 171 Å². The Morgan fingerprint density at radius 3 is 2.52 bits per heavy atom. The average molecular weight is 428 g/mol. The van der Waals surface area contributed by atoms with Gasteiger partial charge in [0.1, 0.15) is 6.54 Å². The maximum atomic E-state index is 13.2. The Hall–Kier alpha value is -2.07. The third-order valence-electron chi connectivity index (χ3n) is 4.77. The Morgan fingerprint density at radius 2 is 1.90 bits per heavy atom. The summed E-state index contributed by atoms with van der Waals surface area (Å²) in [5, 5.41) is 7.42. The zero-order valence-electron chi connectivity index (χ0n) is 16.5. The van der Waals surface area contributed by atoms with Gasteiger partial charge in [-0.2, -0.15) is 13.2 Å². The summed E-state index contributed by atoms with van der Waals surface area (Å²) in [6.07, 6.45) is -4.43. The van der Waals surface area contributed by atoms with E-state index in [0.717, 1.165) is 27.5 Å². The van der Waals surface area contributed by atoms with Gasteiger partial charge < -0.3 is 9.64 Å². The van der Waals surface area contributed by atoms with E-state index in [2.05, 4.69) is 10.2 Å². The highest BCUT2D eigenvalue weighted by atomic mass is 32.2. The summed E-state index contributed by atoms with van der Waals surface area (Å²) in [7, 11) is 0. The number of thioether (sulfide) groups is 1. The van der Waals surface area contributed by atoms with E-state index in [1.807, 2.05) is 19.9 Å². The summed E-state index contributed by atoms with van der Waals surface area (Å²) in [6.45, 7) is 6.05. The van der Waals surface area contributed by atoms with E-state index in [9.17, 15) is 18.0 Å². The molecule has 0 saturated carbocycles. The number of aryl methyl sites for hydroxylation is 2. The van der Waals surface area contributed by atoms with Gasteiger partial charge in [-0.3, -0.25) is 9.36 Å². The van der Waals surface area contributed by atoms with E-state index in [-0.39, 0.29) is 16.9 Å². The molecule has 10 heteroatoms. The first-order valence-corrected chi connectivity index (χ1v) is 10.1. The van der Waals surface area contributed by atoms with Crippen molar-refractivity contribution in [2.24, 2.45) is 0 Å². The fraction of sp³-hybridized carbons (Fsp3) is 0.526. The second kappa shape index (κ2) is 8.74. The van der Waals surface area contributed by atoms with Crippen molar-refractivity contribution in [2.45, 2.75) is 43.9 Å². The monoisotopic (exact) mass is 428 g/mol. The van der Waals surface area contributed by atoms with Crippen LogP contribution in [0.15, 0.2) is 23.4 Å². The molecule has 2 heterocycles. The number of halogens is 3. The molecular weight excluding hydrogens is 405 g/mol. The summed E-state index contributed by atoms with van der Waals surface area (Å²) < 4.78 is 45.9. The van der Waals surface area contributed by atoms with Crippen LogP contribution < -0.4 is 4.90 Å². The molecule has 0 amide bonds. The molecule has 1 saturated heterocycles. The molecule has 1 aromatic heterocycles. The minimum atomic E-state index is -4.43. The number of ketones is 1. The second-order valence-electron chi connectivity index (χ2n) is 7.01. The molecule has 1 unspecified atom stereocenters. The van der Waals surface area contributed by atoms with E-state index in [0.29, 0.717) is 31.9 Å². The lowest BCUT2D eigenvalue weighted by Crippen LogP contribution is -2.38. The number of morpholine rings is 1. The van der Waals surface area contributed by atoms with Crippen molar-refractivity contribution in [1.82, 2.24) is 14.8 Å². The maximum absolute atomic E-state index is 13.2. The summed E-state index contributed by atoms with van der Waals surface area (Å²) >= 11 is 0.991. The van der Waals surface area contributed by atoms with Gasteiger partial charge in [-0.05, 0) is 38.0 Å². The van der Waals surface area contributed by atoms with Gasteiger partial charge in [0, 0.05) is 18.7 Å². The van der Waals surface area contributed by atoms with E-state index in [1.165, 1.54) is 0 Å². The fourth-order valence-electron chi connectivity index (χ4n) is 3.02. The molecule has 0 N–H and O–H groups in total. The van der Waals surface area contributed by atoms with Crippen molar-refractivity contribution in [3.8, 4) is 0 Å². The van der Waals surface area contributed by atoms with Crippen LogP contribution in [-0.4, -0.2) is 58.3 Å². The number of anilines is 1. The van der Waals surface area contributed by atoms with Gasteiger partial charge in [-0.15, -0.1) is 10.2 Å². The molecule has 0 aliphatic carbocycles. The summed E-state index contributed by atoms with van der Waals surface area (Å²) in [6, 6.07) is 5.40. The van der Waals surface area contributed by atoms with Gasteiger partial charge >= 0.3 is 6.18 Å².